The normalized spacial score (nSPS) is 19.9. The Kier molecular flexibility index (Phi) is 7.03. The van der Waals surface area contributed by atoms with Gasteiger partial charge in [0.1, 0.15) is 5.75 Å². The van der Waals surface area contributed by atoms with E-state index in [9.17, 15) is 0 Å². The van der Waals surface area contributed by atoms with Gasteiger partial charge in [-0.3, -0.25) is 0 Å². The lowest BCUT2D eigenvalue weighted by molar-refractivity contribution is 0.304. The summed E-state index contributed by atoms with van der Waals surface area (Å²) in [5.74, 6) is 1.37. The highest BCUT2D eigenvalue weighted by atomic mass is 35.5. The zero-order valence-electron chi connectivity index (χ0n) is 14.4. The van der Waals surface area contributed by atoms with Crippen LogP contribution in [0.25, 0.3) is 0 Å². The van der Waals surface area contributed by atoms with E-state index in [1.54, 1.807) is 12.1 Å². The van der Waals surface area contributed by atoms with E-state index in [0.717, 1.165) is 19.4 Å². The van der Waals surface area contributed by atoms with Crippen LogP contribution in [0.15, 0.2) is 48.5 Å². The van der Waals surface area contributed by atoms with Gasteiger partial charge in [-0.1, -0.05) is 60.0 Å². The summed E-state index contributed by atoms with van der Waals surface area (Å²) in [7, 11) is 0. The highest BCUT2D eigenvalue weighted by molar-refractivity contribution is 6.35. The van der Waals surface area contributed by atoms with Crippen LogP contribution in [-0.4, -0.2) is 19.2 Å². The molecule has 2 aromatic carbocycles. The highest BCUT2D eigenvalue weighted by Crippen LogP contribution is 2.34. The van der Waals surface area contributed by atoms with Crippen molar-refractivity contribution in [1.29, 1.82) is 0 Å². The minimum absolute atomic E-state index is 0.572. The second-order valence-electron chi connectivity index (χ2n) is 6.64. The fourth-order valence-corrected chi connectivity index (χ4v) is 4.06. The molecule has 134 valence electrons. The van der Waals surface area contributed by atoms with Gasteiger partial charge in [0.25, 0.3) is 0 Å². The Morgan fingerprint density at radius 2 is 1.84 bits per heavy atom. The Balaban J connectivity index is 1.35. The van der Waals surface area contributed by atoms with Gasteiger partial charge < -0.3 is 10.1 Å². The van der Waals surface area contributed by atoms with Crippen LogP contribution < -0.4 is 10.1 Å². The molecule has 0 aromatic heterocycles. The van der Waals surface area contributed by atoms with Gasteiger partial charge in [0.2, 0.25) is 0 Å². The van der Waals surface area contributed by atoms with Crippen LogP contribution in [-0.2, 0) is 0 Å². The molecule has 3 rings (SSSR count). The smallest absolute Gasteiger partial charge is 0.137 e. The van der Waals surface area contributed by atoms with Gasteiger partial charge in [-0.2, -0.15) is 0 Å². The number of hydrogen-bond donors (Lipinski definition) is 1. The van der Waals surface area contributed by atoms with Crippen LogP contribution in [0.4, 0.5) is 0 Å². The van der Waals surface area contributed by atoms with Crippen LogP contribution in [0.2, 0.25) is 10.0 Å². The monoisotopic (exact) mass is 377 g/mol. The quantitative estimate of drug-likeness (QED) is 0.562. The molecular formula is C21H25Cl2NO. The molecule has 0 spiro atoms. The SMILES string of the molecule is Clc1ccc(OCCCCNC2CCCC2c2ccccc2)c(Cl)c1. The number of nitrogens with one attached hydrogen (secondary N) is 1. The van der Waals surface area contributed by atoms with Gasteiger partial charge >= 0.3 is 0 Å². The third kappa shape index (κ3) is 5.37. The van der Waals surface area contributed by atoms with Gasteiger partial charge in [0, 0.05) is 11.1 Å². The maximum atomic E-state index is 6.11. The van der Waals surface area contributed by atoms with Crippen LogP contribution in [0.3, 0.4) is 0 Å². The number of halogens is 2. The van der Waals surface area contributed by atoms with Gasteiger partial charge in [-0.15, -0.1) is 0 Å². The first kappa shape index (κ1) is 18.6. The van der Waals surface area contributed by atoms with E-state index in [0.29, 0.717) is 34.4 Å². The predicted molar refractivity (Wildman–Crippen MR) is 106 cm³/mol. The minimum Gasteiger partial charge on any atom is -0.492 e. The summed E-state index contributed by atoms with van der Waals surface area (Å²) in [5.41, 5.74) is 1.47. The van der Waals surface area contributed by atoms with Crippen molar-refractivity contribution in [2.24, 2.45) is 0 Å². The summed E-state index contributed by atoms with van der Waals surface area (Å²) in [6.45, 7) is 1.71. The molecule has 0 amide bonds. The largest absolute Gasteiger partial charge is 0.492 e. The minimum atomic E-state index is 0.572. The van der Waals surface area contributed by atoms with Crippen molar-refractivity contribution in [3.8, 4) is 5.75 Å². The van der Waals surface area contributed by atoms with Crippen molar-refractivity contribution in [3.05, 3.63) is 64.1 Å². The fraction of sp³-hybridized carbons (Fsp3) is 0.429. The van der Waals surface area contributed by atoms with E-state index >= 15 is 0 Å². The van der Waals surface area contributed by atoms with Crippen molar-refractivity contribution >= 4 is 23.2 Å². The van der Waals surface area contributed by atoms with Gasteiger partial charge in [-0.05, 0) is 61.9 Å². The molecule has 25 heavy (non-hydrogen) atoms. The molecule has 2 unspecified atom stereocenters. The van der Waals surface area contributed by atoms with Gasteiger partial charge in [0.15, 0.2) is 0 Å². The summed E-state index contributed by atoms with van der Waals surface area (Å²) in [5, 5.41) is 4.95. The van der Waals surface area contributed by atoms with Crippen molar-refractivity contribution in [1.82, 2.24) is 5.32 Å². The molecule has 1 saturated carbocycles. The Hall–Kier alpha value is -1.22. The summed E-state index contributed by atoms with van der Waals surface area (Å²) in [4.78, 5) is 0. The summed E-state index contributed by atoms with van der Waals surface area (Å²) in [6.07, 6.45) is 5.99. The van der Waals surface area contributed by atoms with E-state index in [1.807, 2.05) is 6.07 Å². The molecule has 1 aliphatic rings. The second-order valence-corrected chi connectivity index (χ2v) is 7.48. The lowest BCUT2D eigenvalue weighted by Gasteiger charge is -2.21. The summed E-state index contributed by atoms with van der Waals surface area (Å²) in [6, 6.07) is 16.8. The zero-order valence-corrected chi connectivity index (χ0v) is 15.9. The second kappa shape index (κ2) is 9.47. The van der Waals surface area contributed by atoms with E-state index in [-0.39, 0.29) is 0 Å². The Bertz CT molecular complexity index is 662. The molecule has 2 nitrogen and oxygen atoms in total. The Morgan fingerprint density at radius 3 is 2.64 bits per heavy atom. The van der Waals surface area contributed by atoms with Gasteiger partial charge in [-0.25, -0.2) is 0 Å². The third-order valence-electron chi connectivity index (χ3n) is 4.87. The van der Waals surface area contributed by atoms with Gasteiger partial charge in [0.05, 0.1) is 11.6 Å². The lowest BCUT2D eigenvalue weighted by Crippen LogP contribution is -2.32. The topological polar surface area (TPSA) is 21.3 Å². The predicted octanol–water partition coefficient (Wildman–Crippen LogP) is 6.08. The molecule has 0 aliphatic heterocycles. The number of hydrogen-bond acceptors (Lipinski definition) is 2. The van der Waals surface area contributed by atoms with Crippen LogP contribution in [0.5, 0.6) is 5.75 Å². The first-order valence-corrected chi connectivity index (χ1v) is 9.86. The molecule has 0 radical (unpaired) electrons. The molecule has 0 saturated heterocycles. The highest BCUT2D eigenvalue weighted by Gasteiger charge is 2.27. The van der Waals surface area contributed by atoms with E-state index < -0.39 is 0 Å². The average Bonchev–Trinajstić information content (AvgIpc) is 3.09. The number of ether oxygens (including phenoxy) is 1. The average molecular weight is 378 g/mol. The Labute approximate surface area is 160 Å². The number of unbranched alkanes of at least 4 members (excludes halogenated alkanes) is 1. The van der Waals surface area contributed by atoms with Crippen LogP contribution >= 0.6 is 23.2 Å². The number of rotatable bonds is 8. The molecule has 0 heterocycles. The first-order chi connectivity index (χ1) is 12.2. The molecule has 1 N–H and O–H groups in total. The standard InChI is InChI=1S/C21H25Cl2NO/c22-17-11-12-21(19(23)15-17)25-14-5-4-13-24-20-10-6-9-18(20)16-7-2-1-3-8-16/h1-3,7-8,11-12,15,18,20,24H,4-6,9-10,13-14H2. The maximum absolute atomic E-state index is 6.11. The summed E-state index contributed by atoms with van der Waals surface area (Å²) >= 11 is 12.0. The van der Waals surface area contributed by atoms with E-state index in [1.165, 1.54) is 24.8 Å². The molecule has 4 heteroatoms. The molecule has 2 aromatic rings. The molecule has 1 aliphatic carbocycles. The first-order valence-electron chi connectivity index (χ1n) is 9.10. The van der Waals surface area contributed by atoms with Crippen molar-refractivity contribution < 1.29 is 4.74 Å². The number of benzene rings is 2. The van der Waals surface area contributed by atoms with Crippen molar-refractivity contribution in [3.63, 3.8) is 0 Å². The van der Waals surface area contributed by atoms with Crippen molar-refractivity contribution in [2.45, 2.75) is 44.1 Å². The molecule has 0 bridgehead atoms. The zero-order chi connectivity index (χ0) is 17.5. The fourth-order valence-electron chi connectivity index (χ4n) is 3.59. The van der Waals surface area contributed by atoms with Crippen LogP contribution in [0, 0.1) is 0 Å². The lowest BCUT2D eigenvalue weighted by atomic mass is 9.94. The van der Waals surface area contributed by atoms with E-state index in [4.69, 9.17) is 27.9 Å². The Morgan fingerprint density at radius 1 is 1.00 bits per heavy atom. The van der Waals surface area contributed by atoms with Crippen LogP contribution in [0.1, 0.15) is 43.6 Å². The molecule has 1 fully saturated rings. The molecule has 2 atom stereocenters. The third-order valence-corrected chi connectivity index (χ3v) is 5.40. The maximum Gasteiger partial charge on any atom is 0.137 e. The van der Waals surface area contributed by atoms with E-state index in [2.05, 4.69) is 35.6 Å². The summed E-state index contributed by atoms with van der Waals surface area (Å²) < 4.78 is 5.74. The van der Waals surface area contributed by atoms with Crippen molar-refractivity contribution in [2.75, 3.05) is 13.2 Å². The molecular weight excluding hydrogens is 353 g/mol.